The van der Waals surface area contributed by atoms with Crippen LogP contribution in [0.3, 0.4) is 0 Å². The number of methoxy groups -OCH3 is 2. The van der Waals surface area contributed by atoms with Crippen molar-refractivity contribution in [3.63, 3.8) is 0 Å². The van der Waals surface area contributed by atoms with Crippen LogP contribution in [0, 0.1) is 0 Å². The smallest absolute Gasteiger partial charge is 0.326 e. The van der Waals surface area contributed by atoms with Gasteiger partial charge in [-0.1, -0.05) is 42.5 Å². The lowest BCUT2D eigenvalue weighted by atomic mass is 10.1. The largest absolute Gasteiger partial charge is 0.493 e. The number of para-hydroxylation sites is 1. The quantitative estimate of drug-likeness (QED) is 0.189. The summed E-state index contributed by atoms with van der Waals surface area (Å²) in [5, 5.41) is 8.16. The van der Waals surface area contributed by atoms with E-state index in [9.17, 15) is 9.59 Å². The summed E-state index contributed by atoms with van der Waals surface area (Å²) >= 11 is 4.54. The Morgan fingerprint density at radius 2 is 1.77 bits per heavy atom. The van der Waals surface area contributed by atoms with Gasteiger partial charge in [-0.2, -0.15) is 0 Å². The Hall–Kier alpha value is -4.19. The zero-order valence-corrected chi connectivity index (χ0v) is 26.7. The molecule has 4 aromatic rings. The molecule has 0 saturated heterocycles. The zero-order valence-electron chi connectivity index (χ0n) is 24.2. The third-order valence-corrected chi connectivity index (χ3v) is 10.3. The average molecular weight is 643 g/mol. The van der Waals surface area contributed by atoms with E-state index in [1.54, 1.807) is 26.0 Å². The molecule has 3 amide bonds. The number of carbonyl (C=O) groups is 2. The number of nitrogens with zero attached hydrogens (tertiary/aromatic N) is 2. The fourth-order valence-electron chi connectivity index (χ4n) is 4.98. The van der Waals surface area contributed by atoms with Crippen molar-refractivity contribution < 1.29 is 19.1 Å². The molecule has 44 heavy (non-hydrogen) atoms. The highest BCUT2D eigenvalue weighted by atomic mass is 32.2. The fraction of sp³-hybridized carbons (Fsp3) is 0.182. The number of aromatic nitrogens is 1. The number of anilines is 3. The van der Waals surface area contributed by atoms with Crippen LogP contribution < -0.4 is 25.0 Å². The van der Waals surface area contributed by atoms with Crippen LogP contribution in [0.1, 0.15) is 6.92 Å². The van der Waals surface area contributed by atoms with Crippen molar-refractivity contribution in [1.82, 2.24) is 4.98 Å². The number of nitrogens with one attached hydrogen (secondary N) is 2. The molecule has 3 atom stereocenters. The molecule has 6 rings (SSSR count). The number of ether oxygens (including phenoxy) is 2. The molecule has 2 heterocycles. The molecule has 1 aromatic heterocycles. The molecule has 11 heteroatoms. The van der Waals surface area contributed by atoms with Gasteiger partial charge in [-0.15, -0.1) is 34.9 Å². The molecule has 0 radical (unpaired) electrons. The summed E-state index contributed by atoms with van der Waals surface area (Å²) in [4.78, 5) is 35.1. The van der Waals surface area contributed by atoms with Gasteiger partial charge >= 0.3 is 6.03 Å². The van der Waals surface area contributed by atoms with Crippen LogP contribution in [-0.2, 0) is 4.79 Å². The topological polar surface area (TPSA) is 92.8 Å². The van der Waals surface area contributed by atoms with Crippen molar-refractivity contribution in [1.29, 1.82) is 0 Å². The van der Waals surface area contributed by atoms with Crippen molar-refractivity contribution >= 4 is 63.3 Å². The fourth-order valence-corrected chi connectivity index (χ4v) is 7.89. The number of thioether (sulfide) groups is 2. The van der Waals surface area contributed by atoms with Crippen molar-refractivity contribution in [2.75, 3.05) is 29.8 Å². The average Bonchev–Trinajstić information content (AvgIpc) is 3.51. The summed E-state index contributed by atoms with van der Waals surface area (Å²) in [5.74, 6) is 1.08. The molecule has 8 nitrogen and oxygen atoms in total. The summed E-state index contributed by atoms with van der Waals surface area (Å²) in [6.45, 7) is 1.85. The second-order valence-electron chi connectivity index (χ2n) is 10.00. The molecule has 224 valence electrons. The van der Waals surface area contributed by atoms with E-state index in [0.29, 0.717) is 22.3 Å². The first-order chi connectivity index (χ1) is 21.4. The number of carbonyl (C=O) groups excluding carboxylic acids is 2. The molecule has 2 aliphatic rings. The van der Waals surface area contributed by atoms with E-state index >= 15 is 0 Å². The number of thiazole rings is 1. The molecule has 3 unspecified atom stereocenters. The van der Waals surface area contributed by atoms with Crippen LogP contribution in [0.25, 0.3) is 11.3 Å². The Labute approximate surface area is 268 Å². The van der Waals surface area contributed by atoms with E-state index in [0.717, 1.165) is 26.7 Å². The maximum absolute atomic E-state index is 13.7. The number of rotatable bonds is 8. The van der Waals surface area contributed by atoms with Gasteiger partial charge in [0, 0.05) is 26.4 Å². The van der Waals surface area contributed by atoms with Gasteiger partial charge in [0.1, 0.15) is 0 Å². The van der Waals surface area contributed by atoms with Crippen LogP contribution in [0.5, 0.6) is 11.5 Å². The van der Waals surface area contributed by atoms with Crippen LogP contribution in [0.2, 0.25) is 0 Å². The minimum Gasteiger partial charge on any atom is -0.493 e. The Kier molecular flexibility index (Phi) is 8.96. The summed E-state index contributed by atoms with van der Waals surface area (Å²) in [6.07, 6.45) is 8.22. The Balaban J connectivity index is 1.10. The number of hydrogen-bond donors (Lipinski definition) is 2. The van der Waals surface area contributed by atoms with Crippen LogP contribution in [0.4, 0.5) is 21.3 Å². The summed E-state index contributed by atoms with van der Waals surface area (Å²) in [7, 11) is 3.18. The van der Waals surface area contributed by atoms with E-state index in [-0.39, 0.29) is 23.2 Å². The van der Waals surface area contributed by atoms with Gasteiger partial charge in [-0.25, -0.2) is 9.78 Å². The molecule has 0 bridgehead atoms. The number of hydrogen-bond acceptors (Lipinski definition) is 8. The first-order valence-electron chi connectivity index (χ1n) is 13.9. The van der Waals surface area contributed by atoms with Gasteiger partial charge in [0.05, 0.1) is 42.1 Å². The molecule has 3 aromatic carbocycles. The number of fused-ring (bicyclic) bond motifs is 2. The first-order valence-corrected chi connectivity index (χ1v) is 16.5. The molecule has 0 spiro atoms. The van der Waals surface area contributed by atoms with E-state index in [2.05, 4.69) is 33.8 Å². The third-order valence-electron chi connectivity index (χ3n) is 7.14. The second-order valence-corrected chi connectivity index (χ2v) is 13.5. The summed E-state index contributed by atoms with van der Waals surface area (Å²) in [5.41, 5.74) is 3.15. The number of amides is 3. The van der Waals surface area contributed by atoms with Crippen molar-refractivity contribution in [2.45, 2.75) is 33.3 Å². The molecule has 0 fully saturated rings. The van der Waals surface area contributed by atoms with Crippen molar-refractivity contribution in [2.24, 2.45) is 0 Å². The predicted octanol–water partition coefficient (Wildman–Crippen LogP) is 7.95. The monoisotopic (exact) mass is 642 g/mol. The zero-order chi connectivity index (χ0) is 30.6. The lowest BCUT2D eigenvalue weighted by Gasteiger charge is -2.40. The lowest BCUT2D eigenvalue weighted by molar-refractivity contribution is -0.115. The normalized spacial score (nSPS) is 17.3. The summed E-state index contributed by atoms with van der Waals surface area (Å²) in [6, 6.07) is 20.8. The van der Waals surface area contributed by atoms with Gasteiger partial charge in [0.2, 0.25) is 5.91 Å². The Morgan fingerprint density at radius 1 is 0.955 bits per heavy atom. The highest BCUT2D eigenvalue weighted by Gasteiger charge is 2.36. The number of urea groups is 1. The maximum Gasteiger partial charge on any atom is 0.326 e. The molecule has 1 aliphatic carbocycles. The van der Waals surface area contributed by atoms with Crippen molar-refractivity contribution in [3.8, 4) is 22.8 Å². The van der Waals surface area contributed by atoms with Gasteiger partial charge in [-0.3, -0.25) is 9.69 Å². The van der Waals surface area contributed by atoms with Crippen LogP contribution in [-0.4, -0.2) is 47.7 Å². The molecular formula is C33H30N4O4S3. The highest BCUT2D eigenvalue weighted by molar-refractivity contribution is 8.00. The SMILES string of the molecule is COc1ccc(-c2csc(NC(=O)C(C)Sc3cccc(NC(=O)N4c5ccccc5SC5C=CC=CC54)c3)n2)cc1OC. The molecule has 1 aliphatic heterocycles. The second kappa shape index (κ2) is 13.2. The van der Waals surface area contributed by atoms with E-state index in [1.807, 2.05) is 90.0 Å². The standard InChI is InChI=1S/C33H30N4O4S3/c1-20(31(38)36-32-35-24(19-42-32)21-15-16-27(40-2)28(17-21)41-3)43-23-10-8-9-22(18-23)34-33(39)37-25-11-4-6-13-29(25)44-30-14-7-5-12-26(30)37/h4-20,25,29H,1-3H3,(H,34,39)(H,35,36,38). The lowest BCUT2D eigenvalue weighted by Crippen LogP contribution is -2.49. The van der Waals surface area contributed by atoms with E-state index in [1.165, 1.54) is 23.1 Å². The number of benzene rings is 3. The van der Waals surface area contributed by atoms with Gasteiger partial charge < -0.3 is 20.1 Å². The van der Waals surface area contributed by atoms with Crippen molar-refractivity contribution in [3.05, 3.63) is 96.4 Å². The minimum atomic E-state index is -0.403. The summed E-state index contributed by atoms with van der Waals surface area (Å²) < 4.78 is 10.7. The third kappa shape index (κ3) is 6.35. The van der Waals surface area contributed by atoms with Crippen LogP contribution >= 0.6 is 34.9 Å². The molecule has 0 saturated carbocycles. The Bertz CT molecular complexity index is 1750. The number of allylic oxidation sites excluding steroid dienone is 2. The predicted molar refractivity (Wildman–Crippen MR) is 181 cm³/mol. The minimum absolute atomic E-state index is 0.0840. The highest BCUT2D eigenvalue weighted by Crippen LogP contribution is 2.44. The van der Waals surface area contributed by atoms with E-state index in [4.69, 9.17) is 9.47 Å². The van der Waals surface area contributed by atoms with Gasteiger partial charge in [-0.05, 0) is 55.5 Å². The van der Waals surface area contributed by atoms with E-state index < -0.39 is 5.25 Å². The van der Waals surface area contributed by atoms with Gasteiger partial charge in [0.25, 0.3) is 0 Å². The van der Waals surface area contributed by atoms with Gasteiger partial charge in [0.15, 0.2) is 16.6 Å². The molecular weight excluding hydrogens is 613 g/mol. The van der Waals surface area contributed by atoms with Crippen LogP contribution in [0.15, 0.2) is 106 Å². The molecule has 2 N–H and O–H groups in total. The first kappa shape index (κ1) is 29.9. The Morgan fingerprint density at radius 3 is 2.61 bits per heavy atom. The maximum atomic E-state index is 13.7.